The van der Waals surface area contributed by atoms with Crippen LogP contribution in [0.25, 0.3) is 0 Å². The molecule has 0 spiro atoms. The Labute approximate surface area is 107 Å². The number of aromatic nitrogens is 1. The number of methoxy groups -OCH3 is 1. The molecule has 1 unspecified atom stereocenters. The molecule has 0 aliphatic rings. The Morgan fingerprint density at radius 3 is 2.61 bits per heavy atom. The summed E-state index contributed by atoms with van der Waals surface area (Å²) < 4.78 is 5.05. The molecule has 1 heterocycles. The van der Waals surface area contributed by atoms with Crippen LogP contribution in [0.1, 0.15) is 23.8 Å². The van der Waals surface area contributed by atoms with Crippen molar-refractivity contribution in [2.24, 2.45) is 0 Å². The average molecular weight is 243 g/mol. The number of hydrogen-bond donors (Lipinski definition) is 1. The van der Waals surface area contributed by atoms with Gasteiger partial charge in [0.05, 0.1) is 18.9 Å². The Bertz CT molecular complexity index is 485. The highest BCUT2D eigenvalue weighted by molar-refractivity contribution is 5.18. The number of nitrogens with zero attached hydrogens (tertiary/aromatic N) is 1. The van der Waals surface area contributed by atoms with Crippen molar-refractivity contribution >= 4 is 0 Å². The van der Waals surface area contributed by atoms with Gasteiger partial charge < -0.3 is 9.84 Å². The zero-order chi connectivity index (χ0) is 12.8. The number of rotatable bonds is 5. The molecule has 0 amide bonds. The molecule has 3 nitrogen and oxygen atoms in total. The first-order chi connectivity index (χ1) is 8.79. The molecule has 2 rings (SSSR count). The third kappa shape index (κ3) is 3.31. The number of hydrogen-bond acceptors (Lipinski definition) is 3. The average Bonchev–Trinajstić information content (AvgIpc) is 2.46. The van der Waals surface area contributed by atoms with Crippen molar-refractivity contribution in [2.75, 3.05) is 7.11 Å². The van der Waals surface area contributed by atoms with Crippen molar-refractivity contribution in [1.82, 2.24) is 4.98 Å². The van der Waals surface area contributed by atoms with E-state index in [-0.39, 0.29) is 0 Å². The second-order valence-electron chi connectivity index (χ2n) is 4.14. The molecule has 1 N–H and O–H groups in total. The zero-order valence-corrected chi connectivity index (χ0v) is 10.4. The van der Waals surface area contributed by atoms with E-state index in [9.17, 15) is 5.11 Å². The van der Waals surface area contributed by atoms with Gasteiger partial charge in [0.15, 0.2) is 0 Å². The highest BCUT2D eigenvalue weighted by Gasteiger charge is 2.10. The van der Waals surface area contributed by atoms with Gasteiger partial charge in [-0.15, -0.1) is 0 Å². The van der Waals surface area contributed by atoms with Crippen molar-refractivity contribution in [1.29, 1.82) is 0 Å². The number of aliphatic hydroxyl groups is 1. The summed E-state index contributed by atoms with van der Waals surface area (Å²) in [5.74, 6) is 0.534. The van der Waals surface area contributed by atoms with Crippen LogP contribution in [0.2, 0.25) is 0 Å². The molecule has 0 saturated carbocycles. The Morgan fingerprint density at radius 2 is 1.89 bits per heavy atom. The van der Waals surface area contributed by atoms with E-state index in [4.69, 9.17) is 4.74 Å². The fourth-order valence-electron chi connectivity index (χ4n) is 1.83. The molecular formula is C15H17NO2. The molecule has 0 bridgehead atoms. The summed E-state index contributed by atoms with van der Waals surface area (Å²) in [6, 6.07) is 15.6. The minimum atomic E-state index is -0.555. The highest BCUT2D eigenvalue weighted by atomic mass is 16.5. The Hall–Kier alpha value is -1.87. The van der Waals surface area contributed by atoms with Gasteiger partial charge in [0, 0.05) is 6.07 Å². The summed E-state index contributed by atoms with van der Waals surface area (Å²) >= 11 is 0. The summed E-state index contributed by atoms with van der Waals surface area (Å²) in [7, 11) is 1.57. The lowest BCUT2D eigenvalue weighted by atomic mass is 10.0. The van der Waals surface area contributed by atoms with Gasteiger partial charge >= 0.3 is 0 Å². The Balaban J connectivity index is 1.97. The van der Waals surface area contributed by atoms with Crippen LogP contribution in [-0.4, -0.2) is 17.2 Å². The van der Waals surface area contributed by atoms with Gasteiger partial charge in [-0.05, 0) is 24.5 Å². The van der Waals surface area contributed by atoms with E-state index in [0.717, 1.165) is 6.42 Å². The van der Waals surface area contributed by atoms with E-state index in [1.165, 1.54) is 5.56 Å². The molecule has 1 aromatic carbocycles. The van der Waals surface area contributed by atoms with E-state index in [1.807, 2.05) is 30.3 Å². The minimum absolute atomic E-state index is 0.534. The topological polar surface area (TPSA) is 42.4 Å². The molecule has 0 fully saturated rings. The number of aryl methyl sites for hydroxylation is 1. The van der Waals surface area contributed by atoms with Crippen LogP contribution in [0, 0.1) is 0 Å². The van der Waals surface area contributed by atoms with Crippen molar-refractivity contribution < 1.29 is 9.84 Å². The van der Waals surface area contributed by atoms with Gasteiger partial charge in [0.2, 0.25) is 5.88 Å². The number of pyridine rings is 1. The van der Waals surface area contributed by atoms with Crippen molar-refractivity contribution in [3.8, 4) is 5.88 Å². The lowest BCUT2D eigenvalue weighted by Gasteiger charge is -2.11. The second-order valence-corrected chi connectivity index (χ2v) is 4.14. The quantitative estimate of drug-likeness (QED) is 0.878. The first-order valence-corrected chi connectivity index (χ1v) is 6.02. The van der Waals surface area contributed by atoms with E-state index >= 15 is 0 Å². The van der Waals surface area contributed by atoms with Gasteiger partial charge in [-0.1, -0.05) is 36.4 Å². The fraction of sp³-hybridized carbons (Fsp3) is 0.267. The van der Waals surface area contributed by atoms with Crippen LogP contribution in [0.4, 0.5) is 0 Å². The predicted molar refractivity (Wildman–Crippen MR) is 70.5 cm³/mol. The molecule has 0 aliphatic carbocycles. The van der Waals surface area contributed by atoms with Crippen LogP contribution in [0.5, 0.6) is 5.88 Å². The molecule has 3 heteroatoms. The number of aliphatic hydroxyl groups excluding tert-OH is 1. The lowest BCUT2D eigenvalue weighted by Crippen LogP contribution is -2.03. The smallest absolute Gasteiger partial charge is 0.213 e. The molecule has 18 heavy (non-hydrogen) atoms. The molecule has 0 saturated heterocycles. The molecule has 0 radical (unpaired) electrons. The number of benzene rings is 1. The summed E-state index contributed by atoms with van der Waals surface area (Å²) in [6.45, 7) is 0. The van der Waals surface area contributed by atoms with Crippen LogP contribution >= 0.6 is 0 Å². The van der Waals surface area contributed by atoms with Crippen molar-refractivity contribution in [3.05, 3.63) is 59.8 Å². The maximum Gasteiger partial charge on any atom is 0.213 e. The summed E-state index contributed by atoms with van der Waals surface area (Å²) in [5.41, 5.74) is 1.88. The standard InChI is InChI=1S/C15H17NO2/c1-18-15-9-5-8-13(16-15)14(17)11-10-12-6-3-2-4-7-12/h2-9,14,17H,10-11H2,1H3. The summed E-state index contributed by atoms with van der Waals surface area (Å²) in [4.78, 5) is 4.23. The molecule has 2 aromatic rings. The Morgan fingerprint density at radius 1 is 1.11 bits per heavy atom. The van der Waals surface area contributed by atoms with Crippen LogP contribution in [0.3, 0.4) is 0 Å². The van der Waals surface area contributed by atoms with Gasteiger partial charge in [-0.2, -0.15) is 0 Å². The van der Waals surface area contributed by atoms with E-state index in [2.05, 4.69) is 17.1 Å². The first kappa shape index (κ1) is 12.6. The van der Waals surface area contributed by atoms with Gasteiger partial charge in [0.25, 0.3) is 0 Å². The minimum Gasteiger partial charge on any atom is -0.481 e. The highest BCUT2D eigenvalue weighted by Crippen LogP contribution is 2.19. The summed E-state index contributed by atoms with van der Waals surface area (Å²) in [5, 5.41) is 10.1. The van der Waals surface area contributed by atoms with E-state index < -0.39 is 6.10 Å². The third-order valence-electron chi connectivity index (χ3n) is 2.84. The maximum atomic E-state index is 10.1. The molecule has 0 aliphatic heterocycles. The molecule has 1 atom stereocenters. The first-order valence-electron chi connectivity index (χ1n) is 6.02. The largest absolute Gasteiger partial charge is 0.481 e. The zero-order valence-electron chi connectivity index (χ0n) is 10.4. The van der Waals surface area contributed by atoms with Crippen molar-refractivity contribution in [2.45, 2.75) is 18.9 Å². The molecular weight excluding hydrogens is 226 g/mol. The lowest BCUT2D eigenvalue weighted by molar-refractivity contribution is 0.162. The van der Waals surface area contributed by atoms with Crippen LogP contribution in [0.15, 0.2) is 48.5 Å². The second kappa shape index (κ2) is 6.17. The monoisotopic (exact) mass is 243 g/mol. The SMILES string of the molecule is COc1cccc(C(O)CCc2ccccc2)n1. The third-order valence-corrected chi connectivity index (χ3v) is 2.84. The van der Waals surface area contributed by atoms with Crippen LogP contribution < -0.4 is 4.74 Å². The van der Waals surface area contributed by atoms with Gasteiger partial charge in [0.1, 0.15) is 0 Å². The van der Waals surface area contributed by atoms with E-state index in [0.29, 0.717) is 18.0 Å². The predicted octanol–water partition coefficient (Wildman–Crippen LogP) is 2.76. The fourth-order valence-corrected chi connectivity index (χ4v) is 1.83. The Kier molecular flexibility index (Phi) is 4.31. The van der Waals surface area contributed by atoms with Gasteiger partial charge in [-0.25, -0.2) is 4.98 Å². The summed E-state index contributed by atoms with van der Waals surface area (Å²) in [6.07, 6.45) is 0.936. The van der Waals surface area contributed by atoms with Crippen LogP contribution in [-0.2, 0) is 6.42 Å². The van der Waals surface area contributed by atoms with Crippen molar-refractivity contribution in [3.63, 3.8) is 0 Å². The number of ether oxygens (including phenoxy) is 1. The normalized spacial score (nSPS) is 12.1. The van der Waals surface area contributed by atoms with E-state index in [1.54, 1.807) is 13.2 Å². The maximum absolute atomic E-state index is 10.1. The van der Waals surface area contributed by atoms with Gasteiger partial charge in [-0.3, -0.25) is 0 Å². The molecule has 94 valence electrons. The molecule has 1 aromatic heterocycles.